The fraction of sp³-hybridized carbons (Fsp3) is 0.889. The van der Waals surface area contributed by atoms with Gasteiger partial charge < -0.3 is 20.1 Å². The maximum absolute atomic E-state index is 11.2. The van der Waals surface area contributed by atoms with Gasteiger partial charge in [0.25, 0.3) is 0 Å². The SMILES string of the molecule is CC1(C)OCC(NC(=O)NCCCl)CO1. The Morgan fingerprint density at radius 2 is 2.07 bits per heavy atom. The van der Waals surface area contributed by atoms with Crippen molar-refractivity contribution in [3.8, 4) is 0 Å². The van der Waals surface area contributed by atoms with Crippen molar-refractivity contribution in [2.24, 2.45) is 0 Å². The number of nitrogens with one attached hydrogen (secondary N) is 2. The number of alkyl halides is 1. The van der Waals surface area contributed by atoms with Gasteiger partial charge in [-0.1, -0.05) is 0 Å². The van der Waals surface area contributed by atoms with Gasteiger partial charge in [0.2, 0.25) is 0 Å². The molecule has 0 radical (unpaired) electrons. The molecule has 1 fully saturated rings. The number of hydrogen-bond donors (Lipinski definition) is 2. The van der Waals surface area contributed by atoms with Crippen LogP contribution in [0.3, 0.4) is 0 Å². The van der Waals surface area contributed by atoms with Crippen molar-refractivity contribution >= 4 is 17.6 Å². The molecule has 0 saturated carbocycles. The van der Waals surface area contributed by atoms with E-state index in [4.69, 9.17) is 21.1 Å². The lowest BCUT2D eigenvalue weighted by Crippen LogP contribution is -2.52. The minimum atomic E-state index is -0.551. The molecule has 6 heteroatoms. The minimum Gasteiger partial charge on any atom is -0.348 e. The molecule has 0 spiro atoms. The van der Waals surface area contributed by atoms with Crippen LogP contribution >= 0.6 is 11.6 Å². The lowest BCUT2D eigenvalue weighted by atomic mass is 10.2. The molecule has 88 valence electrons. The number of urea groups is 1. The van der Waals surface area contributed by atoms with E-state index in [0.717, 1.165) is 0 Å². The number of rotatable bonds is 3. The van der Waals surface area contributed by atoms with Gasteiger partial charge in [-0.05, 0) is 13.8 Å². The van der Waals surface area contributed by atoms with E-state index in [1.54, 1.807) is 0 Å². The summed E-state index contributed by atoms with van der Waals surface area (Å²) in [6.45, 7) is 5.06. The molecule has 1 aliphatic rings. The van der Waals surface area contributed by atoms with Gasteiger partial charge in [0, 0.05) is 12.4 Å². The summed E-state index contributed by atoms with van der Waals surface area (Å²) in [7, 11) is 0. The van der Waals surface area contributed by atoms with Gasteiger partial charge in [0.1, 0.15) is 0 Å². The second-order valence-corrected chi connectivity index (χ2v) is 4.19. The maximum Gasteiger partial charge on any atom is 0.315 e. The summed E-state index contributed by atoms with van der Waals surface area (Å²) in [6, 6.07) is -0.346. The summed E-state index contributed by atoms with van der Waals surface area (Å²) in [5.74, 6) is -0.150. The lowest BCUT2D eigenvalue weighted by Gasteiger charge is -2.35. The third-order valence-electron chi connectivity index (χ3n) is 1.98. The molecule has 0 aromatic carbocycles. The third kappa shape index (κ3) is 4.68. The highest BCUT2D eigenvalue weighted by Gasteiger charge is 2.28. The van der Waals surface area contributed by atoms with Crippen molar-refractivity contribution in [3.05, 3.63) is 0 Å². The van der Waals surface area contributed by atoms with Crippen molar-refractivity contribution in [1.82, 2.24) is 10.6 Å². The predicted molar refractivity (Wildman–Crippen MR) is 57.0 cm³/mol. The monoisotopic (exact) mass is 236 g/mol. The Kier molecular flexibility index (Phi) is 4.63. The van der Waals surface area contributed by atoms with Gasteiger partial charge in [-0.15, -0.1) is 11.6 Å². The molecule has 2 N–H and O–H groups in total. The zero-order valence-electron chi connectivity index (χ0n) is 9.01. The molecule has 1 rings (SSSR count). The van der Waals surface area contributed by atoms with E-state index in [-0.39, 0.29) is 12.1 Å². The van der Waals surface area contributed by atoms with Crippen molar-refractivity contribution in [3.63, 3.8) is 0 Å². The van der Waals surface area contributed by atoms with E-state index in [1.807, 2.05) is 13.8 Å². The van der Waals surface area contributed by atoms with E-state index < -0.39 is 5.79 Å². The zero-order valence-corrected chi connectivity index (χ0v) is 9.76. The number of carbonyl (C=O) groups excluding carboxylic acids is 1. The largest absolute Gasteiger partial charge is 0.348 e. The van der Waals surface area contributed by atoms with Crippen LogP contribution < -0.4 is 10.6 Å². The summed E-state index contributed by atoms with van der Waals surface area (Å²) in [6.07, 6.45) is 0. The van der Waals surface area contributed by atoms with Crippen LogP contribution in [-0.4, -0.2) is 43.5 Å². The zero-order chi connectivity index (χ0) is 11.3. The standard InChI is InChI=1S/C9H17ClN2O3/c1-9(2)14-5-7(6-15-9)12-8(13)11-4-3-10/h7H,3-6H2,1-2H3,(H2,11,12,13). The highest BCUT2D eigenvalue weighted by atomic mass is 35.5. The summed E-state index contributed by atoms with van der Waals surface area (Å²) in [5, 5.41) is 5.34. The molecule has 1 saturated heterocycles. The molecule has 1 aliphatic heterocycles. The molecular formula is C9H17ClN2O3. The van der Waals surface area contributed by atoms with Crippen molar-refractivity contribution in [2.75, 3.05) is 25.6 Å². The Bertz CT molecular complexity index is 213. The van der Waals surface area contributed by atoms with Gasteiger partial charge in [-0.2, -0.15) is 0 Å². The Morgan fingerprint density at radius 3 is 2.60 bits per heavy atom. The van der Waals surface area contributed by atoms with Crippen LogP contribution in [0.5, 0.6) is 0 Å². The van der Waals surface area contributed by atoms with E-state index in [2.05, 4.69) is 10.6 Å². The van der Waals surface area contributed by atoms with Gasteiger partial charge in [0.15, 0.2) is 5.79 Å². The second-order valence-electron chi connectivity index (χ2n) is 3.81. The first-order chi connectivity index (χ1) is 7.03. The summed E-state index contributed by atoms with van der Waals surface area (Å²) in [5.41, 5.74) is 0. The first-order valence-electron chi connectivity index (χ1n) is 4.92. The quantitative estimate of drug-likeness (QED) is 0.709. The molecule has 0 unspecified atom stereocenters. The van der Waals surface area contributed by atoms with E-state index in [1.165, 1.54) is 0 Å². The molecule has 15 heavy (non-hydrogen) atoms. The molecule has 0 aliphatic carbocycles. The number of halogens is 1. The molecule has 0 aromatic heterocycles. The van der Waals surface area contributed by atoms with Crippen molar-refractivity contribution < 1.29 is 14.3 Å². The first kappa shape index (κ1) is 12.5. The third-order valence-corrected chi connectivity index (χ3v) is 2.17. The smallest absolute Gasteiger partial charge is 0.315 e. The number of carbonyl (C=O) groups is 1. The summed E-state index contributed by atoms with van der Waals surface area (Å²) >= 11 is 5.43. The number of hydrogen-bond acceptors (Lipinski definition) is 3. The molecule has 0 bridgehead atoms. The van der Waals surface area contributed by atoms with Gasteiger partial charge >= 0.3 is 6.03 Å². The molecular weight excluding hydrogens is 220 g/mol. The topological polar surface area (TPSA) is 59.6 Å². The number of ether oxygens (including phenoxy) is 2. The van der Waals surface area contributed by atoms with E-state index >= 15 is 0 Å². The molecule has 2 amide bonds. The van der Waals surface area contributed by atoms with Gasteiger partial charge in [-0.3, -0.25) is 0 Å². The fourth-order valence-electron chi connectivity index (χ4n) is 1.17. The van der Waals surface area contributed by atoms with Crippen LogP contribution in [0.4, 0.5) is 4.79 Å². The first-order valence-corrected chi connectivity index (χ1v) is 5.45. The Balaban J connectivity index is 2.21. The fourth-order valence-corrected chi connectivity index (χ4v) is 1.27. The van der Waals surface area contributed by atoms with Crippen molar-refractivity contribution in [2.45, 2.75) is 25.7 Å². The lowest BCUT2D eigenvalue weighted by molar-refractivity contribution is -0.251. The Labute approximate surface area is 94.4 Å². The van der Waals surface area contributed by atoms with E-state index in [9.17, 15) is 4.79 Å². The highest BCUT2D eigenvalue weighted by Crippen LogP contribution is 2.16. The highest BCUT2D eigenvalue weighted by molar-refractivity contribution is 6.18. The van der Waals surface area contributed by atoms with E-state index in [0.29, 0.717) is 25.6 Å². The normalized spacial score (nSPS) is 21.0. The van der Waals surface area contributed by atoms with Crippen LogP contribution in [0.1, 0.15) is 13.8 Å². The molecule has 0 atom stereocenters. The predicted octanol–water partition coefficient (Wildman–Crippen LogP) is 0.676. The molecule has 5 nitrogen and oxygen atoms in total. The van der Waals surface area contributed by atoms with Crippen molar-refractivity contribution in [1.29, 1.82) is 0 Å². The average Bonchev–Trinajstić information content (AvgIpc) is 2.18. The van der Waals surface area contributed by atoms with Crippen LogP contribution in [-0.2, 0) is 9.47 Å². The number of amides is 2. The summed E-state index contributed by atoms with van der Waals surface area (Å²) in [4.78, 5) is 11.2. The molecule has 0 aromatic rings. The van der Waals surface area contributed by atoms with Crippen LogP contribution in [0.2, 0.25) is 0 Å². The second kappa shape index (κ2) is 5.53. The Morgan fingerprint density at radius 1 is 1.47 bits per heavy atom. The average molecular weight is 237 g/mol. The minimum absolute atomic E-state index is 0.103. The maximum atomic E-state index is 11.2. The summed E-state index contributed by atoms with van der Waals surface area (Å²) < 4.78 is 10.8. The van der Waals surface area contributed by atoms with Gasteiger partial charge in [-0.25, -0.2) is 4.79 Å². The van der Waals surface area contributed by atoms with Gasteiger partial charge in [0.05, 0.1) is 19.3 Å². The van der Waals surface area contributed by atoms with Crippen LogP contribution in [0.15, 0.2) is 0 Å². The Hall–Kier alpha value is -0.520. The molecule has 1 heterocycles. The van der Waals surface area contributed by atoms with Crippen LogP contribution in [0.25, 0.3) is 0 Å². The van der Waals surface area contributed by atoms with Crippen LogP contribution in [0, 0.1) is 0 Å².